The Bertz CT molecular complexity index is 626. The fourth-order valence-corrected chi connectivity index (χ4v) is 3.72. The molecule has 1 aliphatic heterocycles. The minimum Gasteiger partial charge on any atom is -0.353 e. The van der Waals surface area contributed by atoms with E-state index < -0.39 is 0 Å². The van der Waals surface area contributed by atoms with Gasteiger partial charge in [-0.1, -0.05) is 12.1 Å². The number of aromatic nitrogens is 2. The van der Waals surface area contributed by atoms with Gasteiger partial charge in [-0.25, -0.2) is 4.98 Å². The molecule has 1 aliphatic carbocycles. The van der Waals surface area contributed by atoms with E-state index in [4.69, 9.17) is 4.98 Å². The van der Waals surface area contributed by atoms with Gasteiger partial charge in [-0.15, -0.1) is 0 Å². The molecular weight excluding hydrogens is 248 g/mol. The maximum absolute atomic E-state index is 4.73. The Morgan fingerprint density at radius 3 is 2.95 bits per heavy atom. The van der Waals surface area contributed by atoms with Crippen molar-refractivity contribution in [2.75, 3.05) is 11.9 Å². The van der Waals surface area contributed by atoms with Crippen LogP contribution in [0.4, 0.5) is 5.95 Å². The molecule has 0 amide bonds. The van der Waals surface area contributed by atoms with E-state index in [9.17, 15) is 0 Å². The first-order valence-corrected chi connectivity index (χ1v) is 7.69. The molecule has 2 fully saturated rings. The number of anilines is 1. The highest BCUT2D eigenvalue weighted by Gasteiger charge is 2.41. The van der Waals surface area contributed by atoms with Gasteiger partial charge in [0.2, 0.25) is 5.95 Å². The molecule has 0 bridgehead atoms. The van der Waals surface area contributed by atoms with Crippen LogP contribution in [0.15, 0.2) is 24.3 Å². The van der Waals surface area contributed by atoms with E-state index in [2.05, 4.69) is 40.4 Å². The van der Waals surface area contributed by atoms with Gasteiger partial charge in [0.05, 0.1) is 11.0 Å². The van der Waals surface area contributed by atoms with E-state index in [1.54, 1.807) is 0 Å². The number of rotatable bonds is 2. The lowest BCUT2D eigenvalue weighted by atomic mass is 9.70. The molecule has 4 nitrogen and oxygen atoms in total. The molecule has 1 unspecified atom stereocenters. The van der Waals surface area contributed by atoms with Crippen molar-refractivity contribution < 1.29 is 0 Å². The van der Waals surface area contributed by atoms with E-state index in [0.717, 1.165) is 18.0 Å². The molecule has 1 aromatic heterocycles. The van der Waals surface area contributed by atoms with Gasteiger partial charge < -0.3 is 15.2 Å². The highest BCUT2D eigenvalue weighted by atomic mass is 15.2. The van der Waals surface area contributed by atoms with Gasteiger partial charge in [0, 0.05) is 18.6 Å². The first-order chi connectivity index (χ1) is 9.76. The van der Waals surface area contributed by atoms with Crippen LogP contribution in [-0.2, 0) is 7.05 Å². The van der Waals surface area contributed by atoms with Gasteiger partial charge in [0.1, 0.15) is 0 Å². The average Bonchev–Trinajstić information content (AvgIpc) is 2.75. The summed E-state index contributed by atoms with van der Waals surface area (Å²) < 4.78 is 2.17. The monoisotopic (exact) mass is 270 g/mol. The lowest BCUT2D eigenvalue weighted by Gasteiger charge is -2.48. The van der Waals surface area contributed by atoms with Gasteiger partial charge in [0.25, 0.3) is 0 Å². The summed E-state index contributed by atoms with van der Waals surface area (Å²) >= 11 is 0. The minimum absolute atomic E-state index is 0.431. The van der Waals surface area contributed by atoms with Crippen LogP contribution in [0.2, 0.25) is 0 Å². The zero-order valence-corrected chi connectivity index (χ0v) is 12.0. The molecule has 1 saturated heterocycles. The van der Waals surface area contributed by atoms with Crippen molar-refractivity contribution in [3.05, 3.63) is 24.3 Å². The maximum Gasteiger partial charge on any atom is 0.203 e. The highest BCUT2D eigenvalue weighted by Crippen LogP contribution is 2.39. The largest absolute Gasteiger partial charge is 0.353 e. The van der Waals surface area contributed by atoms with E-state index in [-0.39, 0.29) is 0 Å². The third kappa shape index (κ3) is 1.90. The summed E-state index contributed by atoms with van der Waals surface area (Å²) in [7, 11) is 2.10. The number of aryl methyl sites for hydroxylation is 1. The van der Waals surface area contributed by atoms with Gasteiger partial charge >= 0.3 is 0 Å². The Kier molecular flexibility index (Phi) is 2.74. The van der Waals surface area contributed by atoms with Crippen LogP contribution in [0.1, 0.15) is 32.1 Å². The van der Waals surface area contributed by atoms with Crippen LogP contribution >= 0.6 is 0 Å². The lowest BCUT2D eigenvalue weighted by Crippen LogP contribution is -2.58. The predicted octanol–water partition coefficient (Wildman–Crippen LogP) is 2.66. The molecule has 1 saturated carbocycles. The van der Waals surface area contributed by atoms with Crippen LogP contribution in [0.3, 0.4) is 0 Å². The molecule has 1 aromatic carbocycles. The lowest BCUT2D eigenvalue weighted by molar-refractivity contribution is 0.135. The summed E-state index contributed by atoms with van der Waals surface area (Å²) in [5.41, 5.74) is 2.70. The molecule has 2 aliphatic rings. The van der Waals surface area contributed by atoms with Crippen molar-refractivity contribution >= 4 is 17.0 Å². The fraction of sp³-hybridized carbons (Fsp3) is 0.562. The number of fused-ring (bicyclic) bond motifs is 1. The molecule has 0 radical (unpaired) electrons. The molecule has 106 valence electrons. The summed E-state index contributed by atoms with van der Waals surface area (Å²) in [4.78, 5) is 4.73. The van der Waals surface area contributed by atoms with Gasteiger partial charge in [-0.2, -0.15) is 0 Å². The standard InChI is InChI=1S/C16H22N4/c1-20-14-6-3-2-5-13(14)19-15(20)18-12-7-10-17-16(11-12)8-4-9-16/h2-3,5-6,12,17H,4,7-11H2,1H3,(H,18,19). The highest BCUT2D eigenvalue weighted by molar-refractivity contribution is 5.78. The smallest absolute Gasteiger partial charge is 0.203 e. The topological polar surface area (TPSA) is 41.9 Å². The number of hydrogen-bond acceptors (Lipinski definition) is 3. The summed E-state index contributed by atoms with van der Waals surface area (Å²) in [5, 5.41) is 7.40. The van der Waals surface area contributed by atoms with Crippen molar-refractivity contribution in [1.29, 1.82) is 0 Å². The first-order valence-electron chi connectivity index (χ1n) is 7.69. The molecule has 2 aromatic rings. The molecule has 2 heterocycles. The third-order valence-electron chi connectivity index (χ3n) is 5.06. The van der Waals surface area contributed by atoms with Crippen molar-refractivity contribution in [2.45, 2.75) is 43.7 Å². The van der Waals surface area contributed by atoms with E-state index in [1.165, 1.54) is 37.6 Å². The zero-order chi connectivity index (χ0) is 13.6. The van der Waals surface area contributed by atoms with E-state index in [1.807, 2.05) is 6.07 Å². The summed E-state index contributed by atoms with van der Waals surface area (Å²) in [6, 6.07) is 8.88. The summed E-state index contributed by atoms with van der Waals surface area (Å²) in [6.07, 6.45) is 6.48. The first kappa shape index (κ1) is 12.2. The summed E-state index contributed by atoms with van der Waals surface area (Å²) in [5.74, 6) is 1.01. The zero-order valence-electron chi connectivity index (χ0n) is 12.0. The van der Waals surface area contributed by atoms with Gasteiger partial charge in [0.15, 0.2) is 0 Å². The molecular formula is C16H22N4. The Morgan fingerprint density at radius 1 is 1.35 bits per heavy atom. The average molecular weight is 270 g/mol. The second-order valence-electron chi connectivity index (χ2n) is 6.38. The summed E-state index contributed by atoms with van der Waals surface area (Å²) in [6.45, 7) is 1.13. The Balaban J connectivity index is 1.56. The number of nitrogens with zero attached hydrogens (tertiary/aromatic N) is 2. The van der Waals surface area contributed by atoms with Gasteiger partial charge in [-0.05, 0) is 50.8 Å². The predicted molar refractivity (Wildman–Crippen MR) is 81.9 cm³/mol. The van der Waals surface area contributed by atoms with Crippen LogP contribution in [-0.4, -0.2) is 27.7 Å². The Labute approximate surface area is 119 Å². The number of piperidine rings is 1. The minimum atomic E-state index is 0.431. The van der Waals surface area contributed by atoms with Crippen LogP contribution in [0.5, 0.6) is 0 Å². The fourth-order valence-electron chi connectivity index (χ4n) is 3.72. The Hall–Kier alpha value is -1.55. The van der Waals surface area contributed by atoms with Crippen molar-refractivity contribution in [3.8, 4) is 0 Å². The van der Waals surface area contributed by atoms with Crippen LogP contribution in [0, 0.1) is 0 Å². The second-order valence-corrected chi connectivity index (χ2v) is 6.38. The normalized spacial score (nSPS) is 24.8. The third-order valence-corrected chi connectivity index (χ3v) is 5.06. The molecule has 2 N–H and O–H groups in total. The number of para-hydroxylation sites is 2. The van der Waals surface area contributed by atoms with Crippen molar-refractivity contribution in [3.63, 3.8) is 0 Å². The van der Waals surface area contributed by atoms with Crippen LogP contribution in [0.25, 0.3) is 11.0 Å². The molecule has 20 heavy (non-hydrogen) atoms. The van der Waals surface area contributed by atoms with E-state index in [0.29, 0.717) is 11.6 Å². The Morgan fingerprint density at radius 2 is 2.20 bits per heavy atom. The van der Waals surface area contributed by atoms with E-state index >= 15 is 0 Å². The molecule has 1 spiro atoms. The molecule has 4 rings (SSSR count). The quantitative estimate of drug-likeness (QED) is 0.881. The number of benzene rings is 1. The SMILES string of the molecule is Cn1c(NC2CCNC3(CCC3)C2)nc2ccccc21. The molecule has 4 heteroatoms. The maximum atomic E-state index is 4.73. The number of hydrogen-bond donors (Lipinski definition) is 2. The van der Waals surface area contributed by atoms with Crippen molar-refractivity contribution in [1.82, 2.24) is 14.9 Å². The number of nitrogens with one attached hydrogen (secondary N) is 2. The van der Waals surface area contributed by atoms with Crippen LogP contribution < -0.4 is 10.6 Å². The van der Waals surface area contributed by atoms with Crippen molar-refractivity contribution in [2.24, 2.45) is 7.05 Å². The van der Waals surface area contributed by atoms with Gasteiger partial charge in [-0.3, -0.25) is 0 Å². The second kappa shape index (κ2) is 4.48. The number of imidazole rings is 1. The molecule has 1 atom stereocenters.